The van der Waals surface area contributed by atoms with E-state index >= 15 is 0 Å². The lowest BCUT2D eigenvalue weighted by atomic mass is 10.2. The fourth-order valence-corrected chi connectivity index (χ4v) is 1.79. The van der Waals surface area contributed by atoms with Crippen LogP contribution in [0.4, 0.5) is 5.69 Å². The molecule has 20 heavy (non-hydrogen) atoms. The van der Waals surface area contributed by atoms with E-state index in [4.69, 9.17) is 0 Å². The Hall–Kier alpha value is -2.28. The minimum atomic E-state index is -0.0648. The van der Waals surface area contributed by atoms with Gasteiger partial charge in [-0.15, -0.1) is 5.10 Å². The maximum atomic E-state index is 11.7. The summed E-state index contributed by atoms with van der Waals surface area (Å²) >= 11 is 0. The van der Waals surface area contributed by atoms with Gasteiger partial charge in [-0.25, -0.2) is 4.68 Å². The summed E-state index contributed by atoms with van der Waals surface area (Å²) < 4.78 is 1.57. The minimum Gasteiger partial charge on any atom is -0.325 e. The zero-order valence-electron chi connectivity index (χ0n) is 11.6. The first kappa shape index (κ1) is 14.1. The predicted octanol–water partition coefficient (Wildman–Crippen LogP) is 0.909. The maximum absolute atomic E-state index is 11.7. The Labute approximate surface area is 117 Å². The van der Waals surface area contributed by atoms with Crippen LogP contribution in [-0.2, 0) is 4.79 Å². The first-order valence-electron chi connectivity index (χ1n) is 6.55. The quantitative estimate of drug-likeness (QED) is 0.765. The number of hydrogen-bond acceptors (Lipinski definition) is 5. The van der Waals surface area contributed by atoms with Crippen molar-refractivity contribution in [1.82, 2.24) is 25.5 Å². The Bertz CT molecular complexity index is 566. The second-order valence-corrected chi connectivity index (χ2v) is 4.48. The van der Waals surface area contributed by atoms with Crippen LogP contribution in [0, 0.1) is 6.92 Å². The Balaban J connectivity index is 2.06. The number of nitrogens with zero attached hydrogens (tertiary/aromatic N) is 4. The van der Waals surface area contributed by atoms with E-state index < -0.39 is 0 Å². The number of tetrazole rings is 1. The van der Waals surface area contributed by atoms with E-state index in [1.807, 2.05) is 25.1 Å². The highest BCUT2D eigenvalue weighted by atomic mass is 16.1. The van der Waals surface area contributed by atoms with E-state index in [1.54, 1.807) is 4.68 Å². The predicted molar refractivity (Wildman–Crippen MR) is 75.7 cm³/mol. The molecule has 1 heterocycles. The molecule has 7 nitrogen and oxygen atoms in total. The summed E-state index contributed by atoms with van der Waals surface area (Å²) in [5, 5.41) is 17.0. The molecule has 0 bridgehead atoms. The van der Waals surface area contributed by atoms with Crippen molar-refractivity contribution in [3.8, 4) is 5.69 Å². The molecule has 1 aromatic heterocycles. The molecule has 7 heteroatoms. The summed E-state index contributed by atoms with van der Waals surface area (Å²) in [6, 6.07) is 5.64. The van der Waals surface area contributed by atoms with Gasteiger partial charge < -0.3 is 10.6 Å². The van der Waals surface area contributed by atoms with Crippen LogP contribution < -0.4 is 10.6 Å². The molecule has 0 aliphatic carbocycles. The molecule has 2 aromatic rings. The molecule has 0 spiro atoms. The Morgan fingerprint density at radius 3 is 2.95 bits per heavy atom. The van der Waals surface area contributed by atoms with Crippen molar-refractivity contribution in [1.29, 1.82) is 0 Å². The van der Waals surface area contributed by atoms with Gasteiger partial charge in [0.15, 0.2) is 0 Å². The van der Waals surface area contributed by atoms with Crippen molar-refractivity contribution in [2.24, 2.45) is 0 Å². The zero-order chi connectivity index (χ0) is 14.4. The molecule has 0 aliphatic heterocycles. The molecule has 0 radical (unpaired) electrons. The number of hydrogen-bond donors (Lipinski definition) is 2. The van der Waals surface area contributed by atoms with Crippen molar-refractivity contribution >= 4 is 11.6 Å². The van der Waals surface area contributed by atoms with Gasteiger partial charge in [-0.2, -0.15) is 0 Å². The third-order valence-corrected chi connectivity index (χ3v) is 2.80. The van der Waals surface area contributed by atoms with Gasteiger partial charge in [0.2, 0.25) is 5.91 Å². The highest BCUT2D eigenvalue weighted by molar-refractivity contribution is 5.92. The van der Waals surface area contributed by atoms with Crippen LogP contribution in [0.1, 0.15) is 18.9 Å². The molecular formula is C13H18N6O. The molecule has 2 rings (SSSR count). The second-order valence-electron chi connectivity index (χ2n) is 4.48. The van der Waals surface area contributed by atoms with Crippen LogP contribution in [0.3, 0.4) is 0 Å². The number of aryl methyl sites for hydroxylation is 1. The molecular weight excluding hydrogens is 256 g/mol. The molecule has 0 saturated heterocycles. The molecule has 2 N–H and O–H groups in total. The number of aromatic nitrogens is 4. The van der Waals surface area contributed by atoms with E-state index in [1.165, 1.54) is 6.33 Å². The molecule has 0 aliphatic rings. The molecule has 0 atom stereocenters. The molecule has 0 saturated carbocycles. The second kappa shape index (κ2) is 6.76. The van der Waals surface area contributed by atoms with Crippen molar-refractivity contribution in [2.45, 2.75) is 20.3 Å². The summed E-state index contributed by atoms with van der Waals surface area (Å²) in [6.07, 6.45) is 2.53. The number of carbonyl (C=O) groups is 1. The van der Waals surface area contributed by atoms with Crippen LogP contribution in [0.15, 0.2) is 24.5 Å². The van der Waals surface area contributed by atoms with E-state index in [0.29, 0.717) is 6.54 Å². The first-order valence-corrected chi connectivity index (χ1v) is 6.55. The number of benzene rings is 1. The van der Waals surface area contributed by atoms with E-state index in [2.05, 4.69) is 33.1 Å². The lowest BCUT2D eigenvalue weighted by Crippen LogP contribution is -2.28. The Morgan fingerprint density at radius 1 is 1.40 bits per heavy atom. The third-order valence-electron chi connectivity index (χ3n) is 2.80. The Morgan fingerprint density at radius 2 is 2.25 bits per heavy atom. The first-order chi connectivity index (χ1) is 9.70. The molecule has 0 fully saturated rings. The van der Waals surface area contributed by atoms with Gasteiger partial charge in [-0.1, -0.05) is 13.0 Å². The van der Waals surface area contributed by atoms with Gasteiger partial charge in [0.05, 0.1) is 12.2 Å². The standard InChI is InChI=1S/C13H18N6O/c1-3-6-14-8-13(20)16-11-5-4-10(2)12(7-11)19-9-15-17-18-19/h4-5,7,9,14H,3,6,8H2,1-2H3,(H,16,20). The van der Waals surface area contributed by atoms with Gasteiger partial charge in [0.1, 0.15) is 6.33 Å². The van der Waals surface area contributed by atoms with E-state index in [-0.39, 0.29) is 5.91 Å². The van der Waals surface area contributed by atoms with Crippen LogP contribution in [0.5, 0.6) is 0 Å². The van der Waals surface area contributed by atoms with Crippen molar-refractivity contribution in [2.75, 3.05) is 18.4 Å². The van der Waals surface area contributed by atoms with Crippen molar-refractivity contribution < 1.29 is 4.79 Å². The number of nitrogens with one attached hydrogen (secondary N) is 2. The SMILES string of the molecule is CCCNCC(=O)Nc1ccc(C)c(-n2cnnn2)c1. The number of carbonyl (C=O) groups excluding carboxylic acids is 1. The smallest absolute Gasteiger partial charge is 0.238 e. The highest BCUT2D eigenvalue weighted by Gasteiger charge is 2.06. The number of amides is 1. The van der Waals surface area contributed by atoms with Crippen LogP contribution >= 0.6 is 0 Å². The van der Waals surface area contributed by atoms with Gasteiger partial charge in [0, 0.05) is 5.69 Å². The summed E-state index contributed by atoms with van der Waals surface area (Å²) in [5.41, 5.74) is 2.60. The zero-order valence-corrected chi connectivity index (χ0v) is 11.6. The average Bonchev–Trinajstić information content (AvgIpc) is 2.95. The lowest BCUT2D eigenvalue weighted by molar-refractivity contribution is -0.115. The average molecular weight is 274 g/mol. The maximum Gasteiger partial charge on any atom is 0.238 e. The molecule has 106 valence electrons. The fourth-order valence-electron chi connectivity index (χ4n) is 1.79. The van der Waals surface area contributed by atoms with Gasteiger partial charge >= 0.3 is 0 Å². The summed E-state index contributed by atoms with van der Waals surface area (Å²) in [6.45, 7) is 5.16. The minimum absolute atomic E-state index is 0.0648. The Kier molecular flexibility index (Phi) is 4.78. The van der Waals surface area contributed by atoms with Crippen molar-refractivity contribution in [3.05, 3.63) is 30.1 Å². The van der Waals surface area contributed by atoms with Crippen LogP contribution in [0.2, 0.25) is 0 Å². The largest absolute Gasteiger partial charge is 0.325 e. The summed E-state index contributed by atoms with van der Waals surface area (Å²) in [7, 11) is 0. The number of anilines is 1. The normalized spacial score (nSPS) is 10.5. The topological polar surface area (TPSA) is 84.7 Å². The van der Waals surface area contributed by atoms with Gasteiger partial charge in [0.25, 0.3) is 0 Å². The fraction of sp³-hybridized carbons (Fsp3) is 0.385. The van der Waals surface area contributed by atoms with Crippen LogP contribution in [-0.4, -0.2) is 39.2 Å². The third kappa shape index (κ3) is 3.61. The molecule has 1 aromatic carbocycles. The highest BCUT2D eigenvalue weighted by Crippen LogP contribution is 2.18. The lowest BCUT2D eigenvalue weighted by Gasteiger charge is -2.09. The van der Waals surface area contributed by atoms with Gasteiger partial charge in [-0.05, 0) is 48.0 Å². The number of rotatable bonds is 6. The monoisotopic (exact) mass is 274 g/mol. The van der Waals surface area contributed by atoms with Crippen molar-refractivity contribution in [3.63, 3.8) is 0 Å². The van der Waals surface area contributed by atoms with E-state index in [9.17, 15) is 4.79 Å². The summed E-state index contributed by atoms with van der Waals surface area (Å²) in [5.74, 6) is -0.0648. The summed E-state index contributed by atoms with van der Waals surface area (Å²) in [4.78, 5) is 11.7. The molecule has 0 unspecified atom stereocenters. The van der Waals surface area contributed by atoms with Gasteiger partial charge in [-0.3, -0.25) is 4.79 Å². The van der Waals surface area contributed by atoms with Crippen LogP contribution in [0.25, 0.3) is 5.69 Å². The van der Waals surface area contributed by atoms with E-state index in [0.717, 1.165) is 29.9 Å². The molecule has 1 amide bonds.